The highest BCUT2D eigenvalue weighted by molar-refractivity contribution is 5.93. The van der Waals surface area contributed by atoms with Gasteiger partial charge in [-0.1, -0.05) is 12.1 Å². The number of fused-ring (bicyclic) bond motifs is 1. The van der Waals surface area contributed by atoms with Gasteiger partial charge in [-0.05, 0) is 18.2 Å². The second kappa shape index (κ2) is 5.70. The molecule has 2 aromatic rings. The van der Waals surface area contributed by atoms with Crippen LogP contribution in [0.2, 0.25) is 0 Å². The van der Waals surface area contributed by atoms with E-state index in [9.17, 15) is 9.59 Å². The molecule has 0 saturated carbocycles. The Bertz CT molecular complexity index is 690. The fourth-order valence-corrected chi connectivity index (χ4v) is 2.02. The van der Waals surface area contributed by atoms with Crippen LogP contribution in [0.3, 0.4) is 0 Å². The number of hydrogen-bond acceptors (Lipinski definition) is 4. The summed E-state index contributed by atoms with van der Waals surface area (Å²) in [5.74, 6) is 1.11. The van der Waals surface area contributed by atoms with Gasteiger partial charge in [0, 0.05) is 12.3 Å². The van der Waals surface area contributed by atoms with E-state index in [1.807, 2.05) is 24.3 Å². The van der Waals surface area contributed by atoms with E-state index >= 15 is 0 Å². The highest BCUT2D eigenvalue weighted by Gasteiger charge is 2.21. The van der Waals surface area contributed by atoms with E-state index in [-0.39, 0.29) is 17.6 Å². The van der Waals surface area contributed by atoms with Crippen molar-refractivity contribution in [2.24, 2.45) is 0 Å². The lowest BCUT2D eigenvalue weighted by atomic mass is 10.2. The molecule has 3 rings (SSSR count). The van der Waals surface area contributed by atoms with Crippen LogP contribution in [-0.2, 0) is 0 Å². The van der Waals surface area contributed by atoms with Crippen molar-refractivity contribution in [3.63, 3.8) is 0 Å². The predicted octanol–water partition coefficient (Wildman–Crippen LogP) is 0.945. The van der Waals surface area contributed by atoms with Gasteiger partial charge in [0.2, 0.25) is 5.56 Å². The average Bonchev–Trinajstić information content (AvgIpc) is 2.53. The minimum atomic E-state index is -0.270. The summed E-state index contributed by atoms with van der Waals surface area (Å²) < 4.78 is 11.3. The second-order valence-corrected chi connectivity index (χ2v) is 4.65. The molecule has 0 bridgehead atoms. The number of pyridine rings is 1. The molecule has 1 aromatic heterocycles. The minimum Gasteiger partial charge on any atom is -0.486 e. The van der Waals surface area contributed by atoms with Crippen molar-refractivity contribution in [2.45, 2.75) is 6.10 Å². The Morgan fingerprint density at radius 2 is 2.05 bits per heavy atom. The summed E-state index contributed by atoms with van der Waals surface area (Å²) in [6.45, 7) is 0.704. The zero-order valence-corrected chi connectivity index (χ0v) is 11.2. The van der Waals surface area contributed by atoms with Gasteiger partial charge in [-0.25, -0.2) is 0 Å². The highest BCUT2D eigenvalue weighted by Crippen LogP contribution is 2.30. The highest BCUT2D eigenvalue weighted by atomic mass is 16.6. The van der Waals surface area contributed by atoms with Crippen molar-refractivity contribution in [2.75, 3.05) is 13.2 Å². The number of amides is 1. The Kier molecular flexibility index (Phi) is 3.59. The molecular weight excluding hydrogens is 272 g/mol. The average molecular weight is 286 g/mol. The maximum absolute atomic E-state index is 11.9. The van der Waals surface area contributed by atoms with Gasteiger partial charge in [-0.2, -0.15) is 0 Å². The molecule has 2 N–H and O–H groups in total. The summed E-state index contributed by atoms with van der Waals surface area (Å²) in [5, 5.41) is 2.75. The first-order chi connectivity index (χ1) is 10.2. The molecule has 1 aliphatic rings. The molecule has 1 aliphatic heterocycles. The van der Waals surface area contributed by atoms with E-state index < -0.39 is 0 Å². The van der Waals surface area contributed by atoms with Gasteiger partial charge in [-0.3, -0.25) is 9.59 Å². The van der Waals surface area contributed by atoms with E-state index in [0.717, 1.165) is 0 Å². The summed E-state index contributed by atoms with van der Waals surface area (Å²) >= 11 is 0. The third kappa shape index (κ3) is 3.05. The summed E-state index contributed by atoms with van der Waals surface area (Å²) in [6, 6.07) is 10.2. The Morgan fingerprint density at radius 3 is 2.81 bits per heavy atom. The number of hydrogen-bond donors (Lipinski definition) is 2. The number of para-hydroxylation sites is 2. The Hall–Kier alpha value is -2.76. The number of H-pyrrole nitrogens is 1. The van der Waals surface area contributed by atoms with Crippen molar-refractivity contribution in [3.8, 4) is 11.5 Å². The number of rotatable bonds is 3. The monoisotopic (exact) mass is 286 g/mol. The molecule has 21 heavy (non-hydrogen) atoms. The van der Waals surface area contributed by atoms with Gasteiger partial charge in [0.1, 0.15) is 12.7 Å². The molecule has 0 aliphatic carbocycles. The van der Waals surface area contributed by atoms with Crippen molar-refractivity contribution in [1.82, 2.24) is 10.3 Å². The molecule has 6 heteroatoms. The molecule has 0 unspecified atom stereocenters. The van der Waals surface area contributed by atoms with E-state index in [1.165, 1.54) is 18.3 Å². The molecule has 0 saturated heterocycles. The van der Waals surface area contributed by atoms with Crippen LogP contribution in [0.5, 0.6) is 11.5 Å². The van der Waals surface area contributed by atoms with Crippen LogP contribution in [0.25, 0.3) is 0 Å². The maximum atomic E-state index is 11.9. The lowest BCUT2D eigenvalue weighted by Crippen LogP contribution is -2.40. The number of benzene rings is 1. The molecule has 0 radical (unpaired) electrons. The van der Waals surface area contributed by atoms with Crippen LogP contribution in [0.1, 0.15) is 10.4 Å². The first kappa shape index (κ1) is 13.2. The summed E-state index contributed by atoms with van der Waals surface area (Å²) in [7, 11) is 0. The van der Waals surface area contributed by atoms with Crippen LogP contribution in [-0.4, -0.2) is 30.1 Å². The lowest BCUT2D eigenvalue weighted by molar-refractivity contribution is 0.0789. The predicted molar refractivity (Wildman–Crippen MR) is 75.7 cm³/mol. The van der Waals surface area contributed by atoms with Gasteiger partial charge in [0.25, 0.3) is 5.91 Å². The Morgan fingerprint density at radius 1 is 1.24 bits per heavy atom. The summed E-state index contributed by atoms with van der Waals surface area (Å²) in [6.07, 6.45) is 1.14. The molecule has 1 aromatic carbocycles. The largest absolute Gasteiger partial charge is 0.486 e. The summed E-state index contributed by atoms with van der Waals surface area (Å²) in [5.41, 5.74) is 0.152. The fraction of sp³-hybridized carbons (Fsp3) is 0.200. The standard InChI is InChI=1S/C15H14N2O4/c18-14-6-5-10(7-16-14)15(19)17-8-11-9-20-12-3-1-2-4-13(12)21-11/h1-7,11H,8-9H2,(H,16,18)(H,17,19)/t11-/m1/s1. The maximum Gasteiger partial charge on any atom is 0.252 e. The molecule has 1 atom stereocenters. The second-order valence-electron chi connectivity index (χ2n) is 4.65. The minimum absolute atomic E-state index is 0.243. The molecular formula is C15H14N2O4. The number of aromatic amines is 1. The van der Waals surface area contributed by atoms with Gasteiger partial charge >= 0.3 is 0 Å². The third-order valence-corrected chi connectivity index (χ3v) is 3.10. The van der Waals surface area contributed by atoms with Crippen molar-refractivity contribution >= 4 is 5.91 Å². The smallest absolute Gasteiger partial charge is 0.252 e. The van der Waals surface area contributed by atoms with Crippen LogP contribution in [0.4, 0.5) is 0 Å². The molecule has 6 nitrogen and oxygen atoms in total. The Labute approximate surface area is 120 Å². The molecule has 0 spiro atoms. The number of carbonyl (C=O) groups is 1. The van der Waals surface area contributed by atoms with E-state index in [4.69, 9.17) is 9.47 Å². The Balaban J connectivity index is 1.58. The topological polar surface area (TPSA) is 80.4 Å². The van der Waals surface area contributed by atoms with E-state index in [0.29, 0.717) is 30.2 Å². The van der Waals surface area contributed by atoms with Crippen LogP contribution in [0.15, 0.2) is 47.4 Å². The van der Waals surface area contributed by atoms with Crippen LogP contribution < -0.4 is 20.3 Å². The number of aromatic nitrogens is 1. The van der Waals surface area contributed by atoms with Gasteiger partial charge < -0.3 is 19.8 Å². The van der Waals surface area contributed by atoms with E-state index in [2.05, 4.69) is 10.3 Å². The van der Waals surface area contributed by atoms with Crippen LogP contribution in [0, 0.1) is 0 Å². The lowest BCUT2D eigenvalue weighted by Gasteiger charge is -2.26. The quantitative estimate of drug-likeness (QED) is 0.880. The summed E-state index contributed by atoms with van der Waals surface area (Å²) in [4.78, 5) is 25.3. The zero-order valence-electron chi connectivity index (χ0n) is 11.2. The number of carbonyl (C=O) groups excluding carboxylic acids is 1. The van der Waals surface area contributed by atoms with Gasteiger partial charge in [-0.15, -0.1) is 0 Å². The first-order valence-corrected chi connectivity index (χ1v) is 6.58. The number of ether oxygens (including phenoxy) is 2. The van der Waals surface area contributed by atoms with Crippen molar-refractivity contribution in [1.29, 1.82) is 0 Å². The fourth-order valence-electron chi connectivity index (χ4n) is 2.02. The number of nitrogens with one attached hydrogen (secondary N) is 2. The normalized spacial score (nSPS) is 16.3. The zero-order chi connectivity index (χ0) is 14.7. The molecule has 108 valence electrons. The van der Waals surface area contributed by atoms with Gasteiger partial charge in [0.05, 0.1) is 12.1 Å². The SMILES string of the molecule is O=C(NC[C@@H]1COc2ccccc2O1)c1ccc(=O)[nH]c1. The third-order valence-electron chi connectivity index (χ3n) is 3.10. The molecule has 2 heterocycles. The van der Waals surface area contributed by atoms with Crippen molar-refractivity contribution < 1.29 is 14.3 Å². The van der Waals surface area contributed by atoms with Crippen LogP contribution >= 0.6 is 0 Å². The first-order valence-electron chi connectivity index (χ1n) is 6.58. The van der Waals surface area contributed by atoms with Gasteiger partial charge in [0.15, 0.2) is 11.5 Å². The molecule has 0 fully saturated rings. The molecule has 1 amide bonds. The van der Waals surface area contributed by atoms with Crippen molar-refractivity contribution in [3.05, 3.63) is 58.5 Å². The van der Waals surface area contributed by atoms with E-state index in [1.54, 1.807) is 0 Å².